The maximum atomic E-state index is 12.8. The van der Waals surface area contributed by atoms with Gasteiger partial charge >= 0.3 is 13.2 Å². The number of hydrogen-bond donors (Lipinski definition) is 0. The third-order valence-corrected chi connectivity index (χ3v) is 6.63. The van der Waals surface area contributed by atoms with Gasteiger partial charge in [-0.3, -0.25) is 9.58 Å². The molecule has 1 aliphatic carbocycles. The fourth-order valence-electron chi connectivity index (χ4n) is 4.51. The number of ether oxygens (including phenoxy) is 2. The van der Waals surface area contributed by atoms with E-state index in [0.717, 1.165) is 25.2 Å². The molecule has 14 heteroatoms. The molecular formula is C22H26F4N8O2. The molecule has 0 amide bonds. The van der Waals surface area contributed by atoms with Gasteiger partial charge < -0.3 is 14.4 Å². The van der Waals surface area contributed by atoms with Gasteiger partial charge in [-0.05, 0) is 56.4 Å². The standard InChI is InChI=1S/C22H26F4N8O2/c1-31(2)13-7-14(8-13)32-10-15(11-32)34-29-20(27-30-34)12-33-6-5-18(28-33)17-9-16(35-21(23)24)3-4-19(17)36-22(25)26/h3-6,9,13-15,21-22H,7-8,10-12H2,1-2H3. The van der Waals surface area contributed by atoms with Crippen molar-refractivity contribution in [1.82, 2.24) is 39.8 Å². The predicted molar refractivity (Wildman–Crippen MR) is 119 cm³/mol. The Morgan fingerprint density at radius 1 is 1.00 bits per heavy atom. The first kappa shape index (κ1) is 24.4. The minimum Gasteiger partial charge on any atom is -0.435 e. The third kappa shape index (κ3) is 5.28. The van der Waals surface area contributed by atoms with Crippen molar-refractivity contribution in [2.45, 2.75) is 50.7 Å². The van der Waals surface area contributed by atoms with Crippen LogP contribution in [0.15, 0.2) is 30.5 Å². The number of nitrogens with zero attached hydrogens (tertiary/aromatic N) is 8. The maximum absolute atomic E-state index is 12.8. The number of hydrogen-bond acceptors (Lipinski definition) is 8. The Bertz CT molecular complexity index is 1170. The molecule has 0 spiro atoms. The highest BCUT2D eigenvalue weighted by molar-refractivity contribution is 5.68. The summed E-state index contributed by atoms with van der Waals surface area (Å²) in [5.74, 6) is 0.0338. The second kappa shape index (κ2) is 10.0. The lowest BCUT2D eigenvalue weighted by Gasteiger charge is -2.51. The Balaban J connectivity index is 1.22. The van der Waals surface area contributed by atoms with Crippen LogP contribution in [-0.4, -0.2) is 92.3 Å². The maximum Gasteiger partial charge on any atom is 0.387 e. The number of alkyl halides is 4. The summed E-state index contributed by atoms with van der Waals surface area (Å²) < 4.78 is 61.3. The summed E-state index contributed by atoms with van der Waals surface area (Å²) in [6, 6.07) is 6.43. The minimum atomic E-state index is -3.09. The zero-order valence-electron chi connectivity index (χ0n) is 19.7. The molecule has 0 atom stereocenters. The quantitative estimate of drug-likeness (QED) is 0.385. The lowest BCUT2D eigenvalue weighted by atomic mass is 9.82. The molecule has 1 aliphatic heterocycles. The van der Waals surface area contributed by atoms with Gasteiger partial charge in [0.2, 0.25) is 0 Å². The van der Waals surface area contributed by atoms with Gasteiger partial charge in [-0.1, -0.05) is 0 Å². The van der Waals surface area contributed by atoms with Gasteiger partial charge in [0.15, 0.2) is 5.82 Å². The number of benzene rings is 1. The molecule has 194 valence electrons. The van der Waals surface area contributed by atoms with Crippen molar-refractivity contribution in [3.63, 3.8) is 0 Å². The highest BCUT2D eigenvalue weighted by Gasteiger charge is 2.41. The Labute approximate surface area is 204 Å². The van der Waals surface area contributed by atoms with Gasteiger partial charge in [0.25, 0.3) is 0 Å². The zero-order valence-corrected chi connectivity index (χ0v) is 19.7. The van der Waals surface area contributed by atoms with Crippen molar-refractivity contribution in [2.75, 3.05) is 27.2 Å². The molecule has 3 aromatic rings. The number of likely N-dealkylation sites (tertiary alicyclic amines) is 1. The molecule has 1 saturated carbocycles. The number of rotatable bonds is 10. The predicted octanol–water partition coefficient (Wildman–Crippen LogP) is 2.74. The van der Waals surface area contributed by atoms with Crippen molar-refractivity contribution in [3.05, 3.63) is 36.3 Å². The molecule has 1 saturated heterocycles. The van der Waals surface area contributed by atoms with Crippen LogP contribution in [0.25, 0.3) is 11.3 Å². The minimum absolute atomic E-state index is 0.0888. The molecule has 0 bridgehead atoms. The summed E-state index contributed by atoms with van der Waals surface area (Å²) in [5.41, 5.74) is 0.329. The van der Waals surface area contributed by atoms with Gasteiger partial charge in [-0.25, -0.2) is 0 Å². The first-order valence-corrected chi connectivity index (χ1v) is 11.5. The molecule has 10 nitrogen and oxygen atoms in total. The SMILES string of the molecule is CN(C)C1CC(N2CC(n3nnc(Cn4ccc(-c5cc(OC(F)F)ccc5OC(F)F)n4)n3)C2)C1. The molecule has 0 unspecified atom stereocenters. The second-order valence-corrected chi connectivity index (χ2v) is 9.19. The van der Waals surface area contributed by atoms with Crippen LogP contribution in [0.3, 0.4) is 0 Å². The van der Waals surface area contributed by atoms with E-state index in [2.05, 4.69) is 53.9 Å². The summed E-state index contributed by atoms with van der Waals surface area (Å²) >= 11 is 0. The summed E-state index contributed by atoms with van der Waals surface area (Å²) in [6.45, 7) is -4.18. The first-order chi connectivity index (χ1) is 17.2. The van der Waals surface area contributed by atoms with Crippen LogP contribution in [0.5, 0.6) is 11.5 Å². The van der Waals surface area contributed by atoms with Gasteiger partial charge in [0.1, 0.15) is 18.0 Å². The molecule has 2 aromatic heterocycles. The Morgan fingerprint density at radius 3 is 2.44 bits per heavy atom. The van der Waals surface area contributed by atoms with E-state index >= 15 is 0 Å². The van der Waals surface area contributed by atoms with E-state index in [-0.39, 0.29) is 35.3 Å². The largest absolute Gasteiger partial charge is 0.435 e. The first-order valence-electron chi connectivity index (χ1n) is 11.5. The highest BCUT2D eigenvalue weighted by atomic mass is 19.3. The Kier molecular flexibility index (Phi) is 6.79. The van der Waals surface area contributed by atoms with E-state index in [1.807, 2.05) is 0 Å². The Hall–Kier alpha value is -3.26. The van der Waals surface area contributed by atoms with Crippen LogP contribution in [-0.2, 0) is 6.54 Å². The van der Waals surface area contributed by atoms with E-state index in [0.29, 0.717) is 17.9 Å². The fraction of sp³-hybridized carbons (Fsp3) is 0.545. The molecule has 0 N–H and O–H groups in total. The Morgan fingerprint density at radius 2 is 1.75 bits per heavy atom. The average molecular weight is 510 g/mol. The molecule has 2 aliphatic rings. The topological polar surface area (TPSA) is 86.4 Å². The summed E-state index contributed by atoms with van der Waals surface area (Å²) in [5, 5.41) is 17.1. The van der Waals surface area contributed by atoms with E-state index in [1.54, 1.807) is 17.1 Å². The van der Waals surface area contributed by atoms with Gasteiger partial charge in [0, 0.05) is 36.9 Å². The molecule has 0 radical (unpaired) electrons. The van der Waals surface area contributed by atoms with E-state index in [9.17, 15) is 17.6 Å². The monoisotopic (exact) mass is 510 g/mol. The fourth-order valence-corrected chi connectivity index (χ4v) is 4.51. The summed E-state index contributed by atoms with van der Waals surface area (Å²) in [7, 11) is 4.22. The number of halogens is 4. The van der Waals surface area contributed by atoms with Crippen LogP contribution >= 0.6 is 0 Å². The van der Waals surface area contributed by atoms with Crippen molar-refractivity contribution in [3.8, 4) is 22.8 Å². The molecule has 5 rings (SSSR count). The number of aromatic nitrogens is 6. The smallest absolute Gasteiger partial charge is 0.387 e. The molecule has 1 aromatic carbocycles. The van der Waals surface area contributed by atoms with Crippen LogP contribution in [0.4, 0.5) is 17.6 Å². The van der Waals surface area contributed by atoms with Crippen molar-refractivity contribution in [1.29, 1.82) is 0 Å². The second-order valence-electron chi connectivity index (χ2n) is 9.19. The summed E-state index contributed by atoms with van der Waals surface area (Å²) in [4.78, 5) is 6.33. The lowest BCUT2D eigenvalue weighted by molar-refractivity contribution is -0.0526. The normalized spacial score (nSPS) is 20.7. The van der Waals surface area contributed by atoms with Crippen LogP contribution in [0, 0.1) is 0 Å². The van der Waals surface area contributed by atoms with Crippen LogP contribution in [0.1, 0.15) is 24.7 Å². The number of tetrazole rings is 1. The van der Waals surface area contributed by atoms with E-state index in [4.69, 9.17) is 0 Å². The molecular weight excluding hydrogens is 484 g/mol. The zero-order chi connectivity index (χ0) is 25.4. The van der Waals surface area contributed by atoms with E-state index < -0.39 is 13.2 Å². The average Bonchev–Trinajstić information content (AvgIpc) is 3.38. The highest BCUT2D eigenvalue weighted by Crippen LogP contribution is 2.35. The molecule has 2 fully saturated rings. The lowest BCUT2D eigenvalue weighted by Crippen LogP contribution is -2.60. The van der Waals surface area contributed by atoms with Crippen LogP contribution < -0.4 is 9.47 Å². The van der Waals surface area contributed by atoms with Gasteiger partial charge in [-0.15, -0.1) is 10.2 Å². The molecule has 3 heterocycles. The van der Waals surface area contributed by atoms with Gasteiger partial charge in [-0.2, -0.15) is 27.5 Å². The van der Waals surface area contributed by atoms with Crippen molar-refractivity contribution < 1.29 is 27.0 Å². The molecule has 36 heavy (non-hydrogen) atoms. The summed E-state index contributed by atoms with van der Waals surface area (Å²) in [6.07, 6.45) is 3.96. The van der Waals surface area contributed by atoms with Gasteiger partial charge in [0.05, 0.1) is 11.7 Å². The van der Waals surface area contributed by atoms with Crippen molar-refractivity contribution >= 4 is 0 Å². The third-order valence-electron chi connectivity index (χ3n) is 6.63. The van der Waals surface area contributed by atoms with E-state index in [1.165, 1.54) is 23.6 Å². The van der Waals surface area contributed by atoms with Crippen molar-refractivity contribution in [2.24, 2.45) is 0 Å². The van der Waals surface area contributed by atoms with Crippen LogP contribution in [0.2, 0.25) is 0 Å².